The molecule has 9 nitrogen and oxygen atoms in total. The Bertz CT molecular complexity index is 1050. The molecule has 5 rings (SSSR count). The summed E-state index contributed by atoms with van der Waals surface area (Å²) in [5.41, 5.74) is 2.56. The molecule has 2 aliphatic heterocycles. The van der Waals surface area contributed by atoms with E-state index in [2.05, 4.69) is 30.1 Å². The fourth-order valence-electron chi connectivity index (χ4n) is 5.06. The fraction of sp³-hybridized carbons (Fsp3) is 0.542. The Balaban J connectivity index is 1.46. The minimum atomic E-state index is 0.123. The van der Waals surface area contributed by atoms with E-state index in [0.29, 0.717) is 29.1 Å². The lowest BCUT2D eigenvalue weighted by Gasteiger charge is -2.41. The number of nitrogens with zero attached hydrogens (tertiary/aromatic N) is 5. The molecule has 3 aliphatic rings. The molecule has 2 aromatic rings. The molecule has 0 amide bonds. The van der Waals surface area contributed by atoms with Crippen LogP contribution in [0.5, 0.6) is 0 Å². The first-order chi connectivity index (χ1) is 16.6. The average molecular weight is 484 g/mol. The summed E-state index contributed by atoms with van der Waals surface area (Å²) in [7, 11) is 0. The molecule has 10 heteroatoms. The minimum Gasteiger partial charge on any atom is -0.379 e. The Morgan fingerprint density at radius 3 is 2.56 bits per heavy atom. The minimum absolute atomic E-state index is 0.123. The highest BCUT2D eigenvalue weighted by Gasteiger charge is 2.32. The van der Waals surface area contributed by atoms with Crippen LogP contribution in [0.3, 0.4) is 0 Å². The zero-order chi connectivity index (χ0) is 23.5. The number of anilines is 3. The number of carbonyl (C=O) groups excluding carboxylic acids is 1. The second kappa shape index (κ2) is 10.3. The molecule has 0 aromatic carbocycles. The molecule has 3 fully saturated rings. The van der Waals surface area contributed by atoms with Crippen LogP contribution in [0.15, 0.2) is 18.3 Å². The lowest BCUT2D eigenvalue weighted by molar-refractivity contribution is 0.0115. The van der Waals surface area contributed by atoms with Crippen molar-refractivity contribution in [2.45, 2.75) is 38.1 Å². The zero-order valence-electron chi connectivity index (χ0n) is 19.2. The van der Waals surface area contributed by atoms with Gasteiger partial charge in [-0.05, 0) is 49.4 Å². The van der Waals surface area contributed by atoms with Crippen molar-refractivity contribution in [3.05, 3.63) is 34.9 Å². The number of aromatic nitrogens is 3. The number of ether oxygens (including phenoxy) is 1. The lowest BCUT2D eigenvalue weighted by Crippen LogP contribution is -2.49. The van der Waals surface area contributed by atoms with Crippen LogP contribution in [0.2, 0.25) is 5.28 Å². The molecule has 0 spiro atoms. The van der Waals surface area contributed by atoms with Crippen molar-refractivity contribution in [2.75, 3.05) is 49.6 Å². The van der Waals surface area contributed by atoms with Crippen LogP contribution in [0.1, 0.15) is 48.2 Å². The highest BCUT2D eigenvalue weighted by atomic mass is 35.5. The van der Waals surface area contributed by atoms with Crippen molar-refractivity contribution < 1.29 is 9.53 Å². The van der Waals surface area contributed by atoms with E-state index in [1.807, 2.05) is 6.07 Å². The van der Waals surface area contributed by atoms with Gasteiger partial charge >= 0.3 is 0 Å². The summed E-state index contributed by atoms with van der Waals surface area (Å²) in [6.07, 6.45) is 7.56. The van der Waals surface area contributed by atoms with E-state index in [1.165, 1.54) is 0 Å². The molecule has 4 heterocycles. The summed E-state index contributed by atoms with van der Waals surface area (Å²) in [4.78, 5) is 29.4. The highest BCUT2D eigenvalue weighted by Crippen LogP contribution is 2.38. The third-order valence-electron chi connectivity index (χ3n) is 7.16. The van der Waals surface area contributed by atoms with E-state index < -0.39 is 0 Å². The lowest BCUT2D eigenvalue weighted by atomic mass is 9.79. The van der Waals surface area contributed by atoms with Crippen LogP contribution in [0.4, 0.5) is 17.3 Å². The van der Waals surface area contributed by atoms with Crippen LogP contribution in [-0.2, 0) is 4.74 Å². The van der Waals surface area contributed by atoms with Crippen molar-refractivity contribution >= 4 is 40.9 Å². The molecule has 34 heavy (non-hydrogen) atoms. The van der Waals surface area contributed by atoms with E-state index in [0.717, 1.165) is 89.0 Å². The Kier molecular flexibility index (Phi) is 7.03. The standard InChI is InChI=1S/C24H30ClN7O2/c25-24-27-7-4-20(30-24)29-23-21(22(26)16-2-1-3-16)19(14-17(15-33)28-23)32-8-5-18(6-9-32)31-10-12-34-13-11-31/h4,7,14-16,18,26H,1-3,5-6,8-13H2,(H,27,28,29,30). The summed E-state index contributed by atoms with van der Waals surface area (Å²) in [6, 6.07) is 4.08. The first-order valence-electron chi connectivity index (χ1n) is 12.0. The Labute approximate surface area is 204 Å². The number of rotatable bonds is 7. The molecular weight excluding hydrogens is 454 g/mol. The van der Waals surface area contributed by atoms with Crippen LogP contribution in [0.25, 0.3) is 0 Å². The summed E-state index contributed by atoms with van der Waals surface area (Å²) in [5, 5.41) is 12.4. The zero-order valence-corrected chi connectivity index (χ0v) is 19.9. The van der Waals surface area contributed by atoms with Crippen LogP contribution in [0, 0.1) is 11.3 Å². The van der Waals surface area contributed by atoms with Crippen molar-refractivity contribution in [3.8, 4) is 0 Å². The van der Waals surface area contributed by atoms with Crippen molar-refractivity contribution in [3.63, 3.8) is 0 Å². The number of aldehydes is 1. The predicted octanol–water partition coefficient (Wildman–Crippen LogP) is 3.55. The molecule has 2 saturated heterocycles. The molecule has 0 bridgehead atoms. The van der Waals surface area contributed by atoms with Gasteiger partial charge in [0.15, 0.2) is 6.29 Å². The first-order valence-corrected chi connectivity index (χ1v) is 12.4. The van der Waals surface area contributed by atoms with E-state index in [-0.39, 0.29) is 11.2 Å². The second-order valence-corrected chi connectivity index (χ2v) is 9.49. The van der Waals surface area contributed by atoms with Gasteiger partial charge in [-0.1, -0.05) is 6.42 Å². The highest BCUT2D eigenvalue weighted by molar-refractivity contribution is 6.28. The van der Waals surface area contributed by atoms with Gasteiger partial charge in [-0.25, -0.2) is 15.0 Å². The Morgan fingerprint density at radius 2 is 1.91 bits per heavy atom. The normalized spacial score (nSPS) is 20.1. The summed E-state index contributed by atoms with van der Waals surface area (Å²) in [5.74, 6) is 1.17. The van der Waals surface area contributed by atoms with Crippen molar-refractivity contribution in [1.29, 1.82) is 5.41 Å². The predicted molar refractivity (Wildman–Crippen MR) is 132 cm³/mol. The van der Waals surface area contributed by atoms with Crippen molar-refractivity contribution in [1.82, 2.24) is 19.9 Å². The third kappa shape index (κ3) is 4.92. The van der Waals surface area contributed by atoms with E-state index >= 15 is 0 Å². The number of halogens is 1. The number of pyridine rings is 1. The summed E-state index contributed by atoms with van der Waals surface area (Å²) < 4.78 is 5.52. The maximum atomic E-state index is 11.8. The number of nitrogens with one attached hydrogen (secondary N) is 2. The molecule has 0 atom stereocenters. The van der Waals surface area contributed by atoms with Gasteiger partial charge in [-0.15, -0.1) is 0 Å². The van der Waals surface area contributed by atoms with E-state index in [9.17, 15) is 4.79 Å². The average Bonchev–Trinajstić information content (AvgIpc) is 2.83. The quantitative estimate of drug-likeness (QED) is 0.350. The van der Waals surface area contributed by atoms with E-state index in [1.54, 1.807) is 12.3 Å². The van der Waals surface area contributed by atoms with Crippen molar-refractivity contribution in [2.24, 2.45) is 5.92 Å². The maximum Gasteiger partial charge on any atom is 0.224 e. The van der Waals surface area contributed by atoms with Gasteiger partial charge in [0, 0.05) is 50.0 Å². The van der Waals surface area contributed by atoms with Gasteiger partial charge in [0.1, 0.15) is 17.3 Å². The molecule has 0 radical (unpaired) electrons. The Morgan fingerprint density at radius 1 is 1.15 bits per heavy atom. The van der Waals surface area contributed by atoms with Gasteiger partial charge < -0.3 is 20.4 Å². The molecule has 180 valence electrons. The smallest absolute Gasteiger partial charge is 0.224 e. The van der Waals surface area contributed by atoms with Crippen LogP contribution < -0.4 is 10.2 Å². The maximum absolute atomic E-state index is 11.8. The molecule has 0 unspecified atom stereocenters. The molecule has 2 aromatic heterocycles. The number of piperidine rings is 1. The number of carbonyl (C=O) groups is 1. The molecule has 1 aliphatic carbocycles. The number of morpholine rings is 1. The number of hydrogen-bond donors (Lipinski definition) is 2. The topological polar surface area (TPSA) is 107 Å². The van der Waals surface area contributed by atoms with Gasteiger partial charge in [0.25, 0.3) is 0 Å². The molecule has 2 N–H and O–H groups in total. The van der Waals surface area contributed by atoms with Gasteiger partial charge in [0.05, 0.1) is 24.5 Å². The molecule has 1 saturated carbocycles. The molecular formula is C24H30ClN7O2. The van der Waals surface area contributed by atoms with Crippen LogP contribution >= 0.6 is 11.6 Å². The summed E-state index contributed by atoms with van der Waals surface area (Å²) in [6.45, 7) is 5.32. The fourth-order valence-corrected chi connectivity index (χ4v) is 5.21. The number of hydrogen-bond acceptors (Lipinski definition) is 9. The Hall–Kier alpha value is -2.62. The second-order valence-electron chi connectivity index (χ2n) is 9.15. The van der Waals surface area contributed by atoms with Crippen LogP contribution in [-0.4, -0.2) is 77.3 Å². The van der Waals surface area contributed by atoms with E-state index in [4.69, 9.17) is 21.7 Å². The SMILES string of the molecule is N=C(c1c(N2CCC(N3CCOCC3)CC2)cc(C=O)nc1Nc1ccnc(Cl)n1)C1CCC1. The van der Waals surface area contributed by atoms with Gasteiger partial charge in [-0.3, -0.25) is 9.69 Å². The van der Waals surface area contributed by atoms with Gasteiger partial charge in [-0.2, -0.15) is 0 Å². The third-order valence-corrected chi connectivity index (χ3v) is 7.34. The first kappa shape index (κ1) is 23.1. The monoisotopic (exact) mass is 483 g/mol. The summed E-state index contributed by atoms with van der Waals surface area (Å²) >= 11 is 5.98. The largest absolute Gasteiger partial charge is 0.379 e. The van der Waals surface area contributed by atoms with Gasteiger partial charge in [0.2, 0.25) is 5.28 Å².